The molecule has 0 amide bonds. The summed E-state index contributed by atoms with van der Waals surface area (Å²) in [6, 6.07) is 9.20. The lowest BCUT2D eigenvalue weighted by atomic mass is 10.2. The minimum atomic E-state index is -3.93. The van der Waals surface area contributed by atoms with Gasteiger partial charge in [-0.25, -0.2) is 0 Å². The van der Waals surface area contributed by atoms with Crippen molar-refractivity contribution in [2.24, 2.45) is 10.1 Å². The van der Waals surface area contributed by atoms with E-state index in [0.29, 0.717) is 5.56 Å². The van der Waals surface area contributed by atoms with Crippen molar-refractivity contribution in [2.45, 2.75) is 4.90 Å². The van der Waals surface area contributed by atoms with Gasteiger partial charge in [0.25, 0.3) is 10.0 Å². The fourth-order valence-corrected chi connectivity index (χ4v) is 2.86. The second kappa shape index (κ2) is 5.38. The van der Waals surface area contributed by atoms with Gasteiger partial charge >= 0.3 is 0 Å². The Morgan fingerprint density at radius 1 is 1.16 bits per heavy atom. The van der Waals surface area contributed by atoms with Crippen LogP contribution in [0.15, 0.2) is 58.1 Å². The van der Waals surface area contributed by atoms with Gasteiger partial charge in [0.05, 0.1) is 5.02 Å². The maximum atomic E-state index is 12.1. The van der Waals surface area contributed by atoms with E-state index in [2.05, 4.69) is 9.38 Å². The lowest BCUT2D eigenvalue weighted by molar-refractivity contribution is 0.598. The summed E-state index contributed by atoms with van der Waals surface area (Å²) in [6.45, 7) is 0. The molecular weight excluding hydrogens is 286 g/mol. The molecule has 1 aromatic carbocycles. The normalized spacial score (nSPS) is 12.4. The molecule has 0 saturated heterocycles. The Balaban J connectivity index is 2.45. The summed E-state index contributed by atoms with van der Waals surface area (Å²) in [5.41, 5.74) is 6.15. The summed E-state index contributed by atoms with van der Waals surface area (Å²) in [6.07, 6.45) is 3.00. The first-order valence-electron chi connectivity index (χ1n) is 5.26. The molecule has 0 unspecified atom stereocenters. The highest BCUT2D eigenvalue weighted by molar-refractivity contribution is 7.90. The third-order valence-corrected chi connectivity index (χ3v) is 4.10. The molecule has 1 heterocycles. The molecule has 7 heteroatoms. The van der Waals surface area contributed by atoms with Gasteiger partial charge in [-0.15, -0.1) is 4.40 Å². The molecule has 0 aliphatic carbocycles. The van der Waals surface area contributed by atoms with E-state index in [1.807, 2.05) is 0 Å². The number of nitrogens with two attached hydrogens (primary N) is 1. The zero-order valence-corrected chi connectivity index (χ0v) is 11.3. The van der Waals surface area contributed by atoms with Gasteiger partial charge in [-0.05, 0) is 24.3 Å². The van der Waals surface area contributed by atoms with Crippen molar-refractivity contribution in [3.8, 4) is 0 Å². The maximum absolute atomic E-state index is 12.1. The Hall–Kier alpha value is -1.92. The highest BCUT2D eigenvalue weighted by Gasteiger charge is 2.17. The molecule has 2 rings (SSSR count). The number of aromatic nitrogens is 1. The fourth-order valence-electron chi connectivity index (χ4n) is 1.41. The Morgan fingerprint density at radius 2 is 1.79 bits per heavy atom. The molecular formula is C12H10ClN3O2S. The van der Waals surface area contributed by atoms with Gasteiger partial charge in [0, 0.05) is 18.0 Å². The second-order valence-electron chi connectivity index (χ2n) is 3.62. The van der Waals surface area contributed by atoms with Crippen LogP contribution < -0.4 is 5.73 Å². The largest absolute Gasteiger partial charge is 0.383 e. The van der Waals surface area contributed by atoms with Crippen LogP contribution in [-0.4, -0.2) is 19.2 Å². The van der Waals surface area contributed by atoms with Crippen LogP contribution in [0.3, 0.4) is 0 Å². The molecule has 19 heavy (non-hydrogen) atoms. The van der Waals surface area contributed by atoms with Crippen molar-refractivity contribution < 1.29 is 8.42 Å². The first-order chi connectivity index (χ1) is 9.00. The third-order valence-electron chi connectivity index (χ3n) is 2.31. The van der Waals surface area contributed by atoms with E-state index in [1.165, 1.54) is 24.5 Å². The second-order valence-corrected chi connectivity index (χ2v) is 5.60. The first kappa shape index (κ1) is 13.5. The van der Waals surface area contributed by atoms with Crippen molar-refractivity contribution in [1.82, 2.24) is 4.98 Å². The number of benzene rings is 1. The topological polar surface area (TPSA) is 85.4 Å². The highest BCUT2D eigenvalue weighted by Crippen LogP contribution is 2.22. The van der Waals surface area contributed by atoms with Gasteiger partial charge < -0.3 is 5.73 Å². The van der Waals surface area contributed by atoms with E-state index in [9.17, 15) is 8.42 Å². The first-order valence-corrected chi connectivity index (χ1v) is 7.08. The minimum Gasteiger partial charge on any atom is -0.383 e. The van der Waals surface area contributed by atoms with E-state index in [-0.39, 0.29) is 15.8 Å². The predicted molar refractivity (Wildman–Crippen MR) is 73.6 cm³/mol. The summed E-state index contributed by atoms with van der Waals surface area (Å²) in [5.74, 6) is -0.109. The Morgan fingerprint density at radius 3 is 2.42 bits per heavy atom. The molecule has 2 N–H and O–H groups in total. The Labute approximate surface area is 115 Å². The van der Waals surface area contributed by atoms with Gasteiger partial charge in [0.1, 0.15) is 10.7 Å². The van der Waals surface area contributed by atoms with Crippen LogP contribution in [0, 0.1) is 0 Å². The van der Waals surface area contributed by atoms with Crippen LogP contribution in [0.2, 0.25) is 5.02 Å². The number of sulfonamides is 1. The fraction of sp³-hybridized carbons (Fsp3) is 0. The number of halogens is 1. The van der Waals surface area contributed by atoms with Crippen molar-refractivity contribution in [2.75, 3.05) is 0 Å². The summed E-state index contributed by atoms with van der Waals surface area (Å²) >= 11 is 5.84. The van der Waals surface area contributed by atoms with Gasteiger partial charge in [0.15, 0.2) is 0 Å². The summed E-state index contributed by atoms with van der Waals surface area (Å²) < 4.78 is 27.7. The van der Waals surface area contributed by atoms with Gasteiger partial charge in [0.2, 0.25) is 0 Å². The number of rotatable bonds is 3. The van der Waals surface area contributed by atoms with Gasteiger partial charge in [-0.3, -0.25) is 4.98 Å². The zero-order chi connectivity index (χ0) is 13.9. The number of nitrogens with zero attached hydrogens (tertiary/aromatic N) is 2. The molecule has 0 spiro atoms. The standard InChI is InChI=1S/C12H10ClN3O2S/c13-10-3-1-2-4-11(10)19(17,18)16-12(14)9-5-7-15-8-6-9/h1-8H,(H2,14,16). The van der Waals surface area contributed by atoms with Gasteiger partial charge in [-0.1, -0.05) is 23.7 Å². The van der Waals surface area contributed by atoms with Crippen molar-refractivity contribution in [3.05, 3.63) is 59.4 Å². The van der Waals surface area contributed by atoms with Crippen LogP contribution in [0.4, 0.5) is 0 Å². The average molecular weight is 296 g/mol. The van der Waals surface area contributed by atoms with Crippen LogP contribution in [0.5, 0.6) is 0 Å². The van der Waals surface area contributed by atoms with E-state index in [4.69, 9.17) is 17.3 Å². The Bertz CT molecular complexity index is 715. The van der Waals surface area contributed by atoms with Crippen LogP contribution >= 0.6 is 11.6 Å². The number of pyridine rings is 1. The predicted octanol–water partition coefficient (Wildman–Crippen LogP) is 1.83. The molecule has 5 nitrogen and oxygen atoms in total. The van der Waals surface area contributed by atoms with Crippen LogP contribution in [0.1, 0.15) is 5.56 Å². The molecule has 2 aromatic rings. The van der Waals surface area contributed by atoms with Crippen molar-refractivity contribution >= 4 is 27.5 Å². The third kappa shape index (κ3) is 3.10. The smallest absolute Gasteiger partial charge is 0.285 e. The van der Waals surface area contributed by atoms with E-state index in [0.717, 1.165) is 0 Å². The summed E-state index contributed by atoms with van der Waals surface area (Å²) in [7, 11) is -3.93. The van der Waals surface area contributed by atoms with E-state index < -0.39 is 10.0 Å². The number of hydrogen-bond donors (Lipinski definition) is 1. The van der Waals surface area contributed by atoms with Crippen LogP contribution in [-0.2, 0) is 10.0 Å². The molecule has 0 radical (unpaired) electrons. The quantitative estimate of drug-likeness (QED) is 0.691. The van der Waals surface area contributed by atoms with E-state index in [1.54, 1.807) is 24.3 Å². The molecule has 0 atom stereocenters. The van der Waals surface area contributed by atoms with Gasteiger partial charge in [-0.2, -0.15) is 8.42 Å². The number of hydrogen-bond acceptors (Lipinski definition) is 3. The lowest BCUT2D eigenvalue weighted by Crippen LogP contribution is -2.16. The molecule has 1 aromatic heterocycles. The van der Waals surface area contributed by atoms with Crippen LogP contribution in [0.25, 0.3) is 0 Å². The molecule has 0 saturated carbocycles. The molecule has 0 fully saturated rings. The zero-order valence-electron chi connectivity index (χ0n) is 9.69. The highest BCUT2D eigenvalue weighted by atomic mass is 35.5. The molecule has 0 aliphatic rings. The van der Waals surface area contributed by atoms with E-state index >= 15 is 0 Å². The summed E-state index contributed by atoms with van der Waals surface area (Å²) in [4.78, 5) is 3.74. The van der Waals surface area contributed by atoms with Crippen molar-refractivity contribution in [1.29, 1.82) is 0 Å². The number of amidine groups is 1. The minimum absolute atomic E-state index is 0.0753. The monoisotopic (exact) mass is 295 g/mol. The summed E-state index contributed by atoms with van der Waals surface area (Å²) in [5, 5.41) is 0.105. The maximum Gasteiger partial charge on any atom is 0.285 e. The molecule has 98 valence electrons. The average Bonchev–Trinajstić information content (AvgIpc) is 2.39. The molecule has 0 bridgehead atoms. The SMILES string of the molecule is NC(=NS(=O)(=O)c1ccccc1Cl)c1ccncc1. The lowest BCUT2D eigenvalue weighted by Gasteiger charge is -2.03. The van der Waals surface area contributed by atoms with Crippen molar-refractivity contribution in [3.63, 3.8) is 0 Å². The Kier molecular flexibility index (Phi) is 3.82. The molecule has 0 aliphatic heterocycles.